The van der Waals surface area contributed by atoms with E-state index in [0.717, 1.165) is 69.6 Å². The molecule has 0 unspecified atom stereocenters. The highest BCUT2D eigenvalue weighted by Gasteiger charge is 2.23. The summed E-state index contributed by atoms with van der Waals surface area (Å²) in [5.41, 5.74) is 8.50. The Balaban J connectivity index is 0.00000200. The molecule has 1 aromatic heterocycles. The molecule has 0 spiro atoms. The fraction of sp³-hybridized carbons (Fsp3) is 0.355. The average molecular weight is 571 g/mol. The van der Waals surface area contributed by atoms with Crippen LogP contribution in [0.1, 0.15) is 54.4 Å². The molecular weight excluding hydrogens is 533 g/mol. The average Bonchev–Trinajstić information content (AvgIpc) is 3.10. The van der Waals surface area contributed by atoms with Crippen LogP contribution in [0.2, 0.25) is 0 Å². The highest BCUT2D eigenvalue weighted by atomic mass is 35.5. The summed E-state index contributed by atoms with van der Waals surface area (Å²) in [4.78, 5) is 20.2. The Morgan fingerprint density at radius 1 is 0.921 bits per heavy atom. The number of benzene rings is 2. The lowest BCUT2D eigenvalue weighted by Gasteiger charge is -2.30. The van der Waals surface area contributed by atoms with E-state index in [9.17, 15) is 4.79 Å². The van der Waals surface area contributed by atoms with Crippen LogP contribution < -0.4 is 5.32 Å². The van der Waals surface area contributed by atoms with Gasteiger partial charge in [0, 0.05) is 49.1 Å². The molecule has 0 atom stereocenters. The number of nitrogens with one attached hydrogen (secondary N) is 1. The number of likely N-dealkylation sites (tertiary alicyclic amines) is 1. The van der Waals surface area contributed by atoms with Crippen molar-refractivity contribution in [3.05, 3.63) is 101 Å². The van der Waals surface area contributed by atoms with Crippen LogP contribution in [0, 0.1) is 0 Å². The van der Waals surface area contributed by atoms with Crippen molar-refractivity contribution < 1.29 is 4.79 Å². The van der Waals surface area contributed by atoms with Gasteiger partial charge in [-0.15, -0.1) is 36.6 Å². The van der Waals surface area contributed by atoms with E-state index in [0.29, 0.717) is 6.42 Å². The second-order valence-electron chi connectivity index (χ2n) is 9.68. The summed E-state index contributed by atoms with van der Waals surface area (Å²) in [5, 5.41) is 3.08. The van der Waals surface area contributed by atoms with Gasteiger partial charge in [0.25, 0.3) is 0 Å². The van der Waals surface area contributed by atoms with E-state index in [2.05, 4.69) is 63.7 Å². The zero-order valence-corrected chi connectivity index (χ0v) is 24.2. The Labute approximate surface area is 243 Å². The van der Waals surface area contributed by atoms with E-state index < -0.39 is 0 Å². The molecule has 2 aliphatic rings. The highest BCUT2D eigenvalue weighted by Crippen LogP contribution is 2.43. The number of rotatable bonds is 8. The molecule has 1 N–H and O–H groups in total. The van der Waals surface area contributed by atoms with Crippen molar-refractivity contribution >= 4 is 48.1 Å². The van der Waals surface area contributed by atoms with Crippen LogP contribution in [0.5, 0.6) is 0 Å². The fourth-order valence-corrected chi connectivity index (χ4v) is 6.31. The van der Waals surface area contributed by atoms with Gasteiger partial charge in [0.05, 0.1) is 0 Å². The van der Waals surface area contributed by atoms with Crippen molar-refractivity contribution in [2.24, 2.45) is 0 Å². The molecule has 3 heterocycles. The number of carbonyl (C=O) groups excluding carboxylic acids is 1. The monoisotopic (exact) mass is 569 g/mol. The zero-order valence-electron chi connectivity index (χ0n) is 21.7. The lowest BCUT2D eigenvalue weighted by Crippen LogP contribution is -2.32. The molecule has 0 bridgehead atoms. The first-order chi connectivity index (χ1) is 17.8. The van der Waals surface area contributed by atoms with Crippen LogP contribution in [0.25, 0.3) is 5.57 Å². The number of fused-ring (bicyclic) bond motifs is 2. The van der Waals surface area contributed by atoms with Crippen LogP contribution in [0.3, 0.4) is 0 Å². The summed E-state index contributed by atoms with van der Waals surface area (Å²) < 4.78 is 0. The maximum Gasteiger partial charge on any atom is 0.220 e. The maximum atomic E-state index is 12.1. The minimum Gasteiger partial charge on any atom is -0.356 e. The van der Waals surface area contributed by atoms with Gasteiger partial charge in [-0.25, -0.2) is 0 Å². The SMILES string of the molecule is Cl.Cl.O=C(CCc1cccnc1)NCCCCN1CCC(=C2c3ccccc3CSc3ccccc32)CC1. The third kappa shape index (κ3) is 7.86. The van der Waals surface area contributed by atoms with Crippen LogP contribution in [0.4, 0.5) is 0 Å². The van der Waals surface area contributed by atoms with E-state index in [4.69, 9.17) is 0 Å². The number of piperidine rings is 1. The van der Waals surface area contributed by atoms with E-state index >= 15 is 0 Å². The summed E-state index contributed by atoms with van der Waals surface area (Å²) in [6.07, 6.45) is 9.29. The minimum atomic E-state index is 0. The quantitative estimate of drug-likeness (QED) is 0.298. The Hall–Kier alpha value is -2.31. The molecular formula is C31H37Cl2N3OS. The van der Waals surface area contributed by atoms with Crippen molar-refractivity contribution in [2.45, 2.75) is 49.2 Å². The molecule has 2 aromatic carbocycles. The number of unbranched alkanes of at least 4 members (excludes halogenated alkanes) is 1. The predicted octanol–water partition coefficient (Wildman–Crippen LogP) is 6.96. The predicted molar refractivity (Wildman–Crippen MR) is 163 cm³/mol. The molecule has 4 nitrogen and oxygen atoms in total. The maximum absolute atomic E-state index is 12.1. The van der Waals surface area contributed by atoms with Gasteiger partial charge in [0.15, 0.2) is 0 Å². The number of carbonyl (C=O) groups is 1. The van der Waals surface area contributed by atoms with Crippen molar-refractivity contribution in [2.75, 3.05) is 26.2 Å². The fourth-order valence-electron chi connectivity index (χ4n) is 5.25. The molecule has 1 saturated heterocycles. The minimum absolute atomic E-state index is 0. The van der Waals surface area contributed by atoms with Gasteiger partial charge in [-0.1, -0.05) is 54.1 Å². The smallest absolute Gasteiger partial charge is 0.220 e. The first-order valence-corrected chi connectivity index (χ1v) is 14.2. The van der Waals surface area contributed by atoms with E-state index in [1.54, 1.807) is 11.8 Å². The number of hydrogen-bond acceptors (Lipinski definition) is 4. The Morgan fingerprint density at radius 2 is 1.68 bits per heavy atom. The molecule has 3 aromatic rings. The van der Waals surface area contributed by atoms with E-state index in [-0.39, 0.29) is 30.7 Å². The zero-order chi connectivity index (χ0) is 24.6. The van der Waals surface area contributed by atoms with Gasteiger partial charge in [-0.3, -0.25) is 9.78 Å². The number of amides is 1. The van der Waals surface area contributed by atoms with Crippen molar-refractivity contribution in [1.82, 2.24) is 15.2 Å². The summed E-state index contributed by atoms with van der Waals surface area (Å²) in [6, 6.07) is 21.8. The third-order valence-electron chi connectivity index (χ3n) is 7.23. The molecule has 1 amide bonds. The van der Waals surface area contributed by atoms with Gasteiger partial charge in [-0.05, 0) is 78.6 Å². The number of aryl methyl sites for hydroxylation is 1. The Bertz CT molecular complexity index is 1160. The topological polar surface area (TPSA) is 45.2 Å². The summed E-state index contributed by atoms with van der Waals surface area (Å²) >= 11 is 1.96. The third-order valence-corrected chi connectivity index (χ3v) is 8.35. The van der Waals surface area contributed by atoms with Crippen LogP contribution in [-0.4, -0.2) is 42.0 Å². The molecule has 2 aliphatic heterocycles. The van der Waals surface area contributed by atoms with Gasteiger partial charge < -0.3 is 10.2 Å². The Kier molecular flexibility index (Phi) is 12.2. The molecule has 0 saturated carbocycles. The lowest BCUT2D eigenvalue weighted by molar-refractivity contribution is -0.121. The van der Waals surface area contributed by atoms with E-state index in [1.165, 1.54) is 27.2 Å². The first-order valence-electron chi connectivity index (χ1n) is 13.2. The van der Waals surface area contributed by atoms with Gasteiger partial charge in [0.2, 0.25) is 5.91 Å². The molecule has 0 aliphatic carbocycles. The van der Waals surface area contributed by atoms with Gasteiger partial charge >= 0.3 is 0 Å². The van der Waals surface area contributed by atoms with Crippen molar-refractivity contribution in [3.8, 4) is 0 Å². The lowest BCUT2D eigenvalue weighted by atomic mass is 9.86. The molecule has 202 valence electrons. The Morgan fingerprint density at radius 3 is 2.47 bits per heavy atom. The largest absolute Gasteiger partial charge is 0.356 e. The number of thioether (sulfide) groups is 1. The summed E-state index contributed by atoms with van der Waals surface area (Å²) in [7, 11) is 0. The van der Waals surface area contributed by atoms with Gasteiger partial charge in [-0.2, -0.15) is 0 Å². The first kappa shape index (κ1) is 30.2. The summed E-state index contributed by atoms with van der Waals surface area (Å²) in [5.74, 6) is 1.17. The molecule has 1 fully saturated rings. The number of nitrogens with zero attached hydrogens (tertiary/aromatic N) is 2. The summed E-state index contributed by atoms with van der Waals surface area (Å²) in [6.45, 7) is 4.11. The van der Waals surface area contributed by atoms with Gasteiger partial charge in [0.1, 0.15) is 0 Å². The number of hydrogen-bond donors (Lipinski definition) is 1. The van der Waals surface area contributed by atoms with Crippen LogP contribution in [-0.2, 0) is 17.0 Å². The van der Waals surface area contributed by atoms with E-state index in [1.807, 2.05) is 30.1 Å². The standard InChI is InChI=1S/C31H35N3OS.2ClH/c35-30(14-13-24-8-7-17-32-22-24)33-18-5-6-19-34-20-15-25(16-21-34)31-27-10-2-1-9-26(27)23-36-29-12-4-3-11-28(29)31;;/h1-4,7-12,17,22H,5-6,13-16,18-21,23H2,(H,33,35);2*1H. The van der Waals surface area contributed by atoms with Crippen molar-refractivity contribution in [1.29, 1.82) is 0 Å². The van der Waals surface area contributed by atoms with Crippen LogP contribution in [0.15, 0.2) is 83.5 Å². The molecule has 7 heteroatoms. The number of pyridine rings is 1. The second-order valence-corrected chi connectivity index (χ2v) is 10.7. The highest BCUT2D eigenvalue weighted by molar-refractivity contribution is 7.98. The molecule has 0 radical (unpaired) electrons. The normalized spacial score (nSPS) is 14.8. The van der Waals surface area contributed by atoms with Crippen LogP contribution >= 0.6 is 36.6 Å². The number of halogens is 2. The van der Waals surface area contributed by atoms with Crippen molar-refractivity contribution in [3.63, 3.8) is 0 Å². The number of aromatic nitrogens is 1. The molecule has 38 heavy (non-hydrogen) atoms. The molecule has 5 rings (SSSR count). The second kappa shape index (κ2) is 15.3.